The topological polar surface area (TPSA) is 46.6 Å². The third-order valence-electron chi connectivity index (χ3n) is 3.44. The van der Waals surface area contributed by atoms with Gasteiger partial charge in [-0.3, -0.25) is 4.79 Å². The fourth-order valence-corrected chi connectivity index (χ4v) is 2.40. The molecule has 0 bridgehead atoms. The largest absolute Gasteiger partial charge is 0.467 e. The minimum absolute atomic E-state index is 0.270. The molecule has 0 aromatic heterocycles. The Balaban J connectivity index is 2.14. The van der Waals surface area contributed by atoms with Crippen LogP contribution in [0.2, 0.25) is 0 Å². The molecule has 1 heterocycles. The Kier molecular flexibility index (Phi) is 4.32. The van der Waals surface area contributed by atoms with E-state index in [2.05, 4.69) is 4.74 Å². The minimum atomic E-state index is -0.757. The van der Waals surface area contributed by atoms with Gasteiger partial charge in [-0.15, -0.1) is 0 Å². The maximum absolute atomic E-state index is 13.5. The van der Waals surface area contributed by atoms with Crippen LogP contribution in [0.5, 0.6) is 0 Å². The SMILES string of the molecule is COC(=O)C1CCCN1C(=O)Cc1c(F)cccc1F. The second-order valence-corrected chi connectivity index (χ2v) is 4.65. The number of rotatable bonds is 3. The van der Waals surface area contributed by atoms with E-state index in [0.717, 1.165) is 12.1 Å². The van der Waals surface area contributed by atoms with Gasteiger partial charge in [-0.05, 0) is 25.0 Å². The van der Waals surface area contributed by atoms with Crippen molar-refractivity contribution in [1.82, 2.24) is 4.90 Å². The van der Waals surface area contributed by atoms with E-state index < -0.39 is 36.0 Å². The number of carbonyl (C=O) groups is 2. The first-order valence-corrected chi connectivity index (χ1v) is 6.34. The zero-order valence-corrected chi connectivity index (χ0v) is 11.1. The molecule has 6 heteroatoms. The third-order valence-corrected chi connectivity index (χ3v) is 3.44. The smallest absolute Gasteiger partial charge is 0.328 e. The number of halogens is 2. The lowest BCUT2D eigenvalue weighted by Crippen LogP contribution is -2.42. The van der Waals surface area contributed by atoms with Gasteiger partial charge in [0.1, 0.15) is 17.7 Å². The lowest BCUT2D eigenvalue weighted by molar-refractivity contribution is -0.150. The van der Waals surface area contributed by atoms with Crippen molar-refractivity contribution in [1.29, 1.82) is 0 Å². The highest BCUT2D eigenvalue weighted by Gasteiger charge is 2.35. The van der Waals surface area contributed by atoms with E-state index in [1.165, 1.54) is 18.1 Å². The first-order valence-electron chi connectivity index (χ1n) is 6.34. The summed E-state index contributed by atoms with van der Waals surface area (Å²) in [6, 6.07) is 2.80. The highest BCUT2D eigenvalue weighted by molar-refractivity contribution is 5.86. The van der Waals surface area contributed by atoms with Crippen molar-refractivity contribution in [3.63, 3.8) is 0 Å². The standard InChI is InChI=1S/C14H15F2NO3/c1-20-14(19)12-6-3-7-17(12)13(18)8-9-10(15)4-2-5-11(9)16/h2,4-5,12H,3,6-8H2,1H3. The molecule has 20 heavy (non-hydrogen) atoms. The minimum Gasteiger partial charge on any atom is -0.467 e. The van der Waals surface area contributed by atoms with Gasteiger partial charge < -0.3 is 9.64 Å². The van der Waals surface area contributed by atoms with Crippen molar-refractivity contribution in [2.45, 2.75) is 25.3 Å². The Bertz CT molecular complexity index is 513. The second kappa shape index (κ2) is 5.98. The molecule has 0 N–H and O–H groups in total. The molecule has 108 valence electrons. The Morgan fingerprint density at radius 2 is 2.00 bits per heavy atom. The summed E-state index contributed by atoms with van der Waals surface area (Å²) in [6.07, 6.45) is 0.787. The van der Waals surface area contributed by atoms with Crippen LogP contribution in [-0.2, 0) is 20.7 Å². The number of benzene rings is 1. The highest BCUT2D eigenvalue weighted by Crippen LogP contribution is 2.21. The van der Waals surface area contributed by atoms with Gasteiger partial charge in [0.2, 0.25) is 5.91 Å². The second-order valence-electron chi connectivity index (χ2n) is 4.65. The molecule has 0 spiro atoms. The van der Waals surface area contributed by atoms with Crippen LogP contribution in [0, 0.1) is 11.6 Å². The summed E-state index contributed by atoms with van der Waals surface area (Å²) in [4.78, 5) is 25.0. The predicted molar refractivity (Wildman–Crippen MR) is 66.8 cm³/mol. The molecule has 2 rings (SSSR count). The van der Waals surface area contributed by atoms with E-state index in [-0.39, 0.29) is 5.56 Å². The van der Waals surface area contributed by atoms with Crippen molar-refractivity contribution in [3.05, 3.63) is 35.4 Å². The third kappa shape index (κ3) is 2.79. The van der Waals surface area contributed by atoms with Gasteiger partial charge in [-0.25, -0.2) is 13.6 Å². The summed E-state index contributed by atoms with van der Waals surface area (Å²) in [5.41, 5.74) is -0.270. The molecule has 1 saturated heterocycles. The summed E-state index contributed by atoms with van der Waals surface area (Å²) in [5, 5.41) is 0. The van der Waals surface area contributed by atoms with Gasteiger partial charge in [0, 0.05) is 12.1 Å². The molecule has 1 aliphatic heterocycles. The van der Waals surface area contributed by atoms with Crippen LogP contribution in [0.3, 0.4) is 0 Å². The van der Waals surface area contributed by atoms with Crippen LogP contribution >= 0.6 is 0 Å². The van der Waals surface area contributed by atoms with Gasteiger partial charge in [0.15, 0.2) is 0 Å². The maximum Gasteiger partial charge on any atom is 0.328 e. The van der Waals surface area contributed by atoms with Crippen LogP contribution in [-0.4, -0.2) is 36.5 Å². The maximum atomic E-state index is 13.5. The fraction of sp³-hybridized carbons (Fsp3) is 0.429. The molecule has 0 aliphatic carbocycles. The molecule has 1 fully saturated rings. The average Bonchev–Trinajstić information content (AvgIpc) is 2.91. The first-order chi connectivity index (χ1) is 9.54. The van der Waals surface area contributed by atoms with Gasteiger partial charge in [0.05, 0.1) is 13.5 Å². The lowest BCUT2D eigenvalue weighted by Gasteiger charge is -2.22. The molecule has 1 aromatic rings. The Morgan fingerprint density at radius 1 is 1.35 bits per heavy atom. The predicted octanol–water partition coefficient (Wildman–Crippen LogP) is 1.67. The first kappa shape index (κ1) is 14.4. The lowest BCUT2D eigenvalue weighted by atomic mass is 10.1. The zero-order chi connectivity index (χ0) is 14.7. The highest BCUT2D eigenvalue weighted by atomic mass is 19.1. The van der Waals surface area contributed by atoms with E-state index in [1.807, 2.05) is 0 Å². The quantitative estimate of drug-likeness (QED) is 0.793. The van der Waals surface area contributed by atoms with Crippen LogP contribution in [0.15, 0.2) is 18.2 Å². The van der Waals surface area contributed by atoms with E-state index >= 15 is 0 Å². The number of carbonyl (C=O) groups excluding carboxylic acids is 2. The molecular formula is C14H15F2NO3. The van der Waals surface area contributed by atoms with Crippen molar-refractivity contribution in [3.8, 4) is 0 Å². The Labute approximate surface area is 115 Å². The number of nitrogens with zero attached hydrogens (tertiary/aromatic N) is 1. The van der Waals surface area contributed by atoms with Gasteiger partial charge in [0.25, 0.3) is 0 Å². The normalized spacial score (nSPS) is 18.1. The van der Waals surface area contributed by atoms with Crippen molar-refractivity contribution in [2.75, 3.05) is 13.7 Å². The van der Waals surface area contributed by atoms with Crippen molar-refractivity contribution < 1.29 is 23.1 Å². The molecular weight excluding hydrogens is 268 g/mol. The van der Waals surface area contributed by atoms with Gasteiger partial charge >= 0.3 is 5.97 Å². The molecule has 0 saturated carbocycles. The molecule has 1 unspecified atom stereocenters. The summed E-state index contributed by atoms with van der Waals surface area (Å²) >= 11 is 0. The van der Waals surface area contributed by atoms with E-state index in [9.17, 15) is 18.4 Å². The Hall–Kier alpha value is -1.98. The van der Waals surface area contributed by atoms with Crippen molar-refractivity contribution >= 4 is 11.9 Å². The summed E-state index contributed by atoms with van der Waals surface area (Å²) in [6.45, 7) is 0.397. The summed E-state index contributed by atoms with van der Waals surface area (Å²) < 4.78 is 31.7. The molecule has 1 aromatic carbocycles. The van der Waals surface area contributed by atoms with E-state index in [1.54, 1.807) is 0 Å². The van der Waals surface area contributed by atoms with Crippen LogP contribution in [0.1, 0.15) is 18.4 Å². The van der Waals surface area contributed by atoms with Gasteiger partial charge in [-0.2, -0.15) is 0 Å². The number of esters is 1. The molecule has 4 nitrogen and oxygen atoms in total. The molecule has 0 radical (unpaired) electrons. The van der Waals surface area contributed by atoms with E-state index in [0.29, 0.717) is 19.4 Å². The number of hydrogen-bond donors (Lipinski definition) is 0. The van der Waals surface area contributed by atoms with Crippen LogP contribution in [0.4, 0.5) is 8.78 Å². The van der Waals surface area contributed by atoms with Gasteiger partial charge in [-0.1, -0.05) is 6.07 Å². The summed E-state index contributed by atoms with van der Waals surface area (Å²) in [5.74, 6) is -2.48. The van der Waals surface area contributed by atoms with Crippen LogP contribution < -0.4 is 0 Å². The molecule has 1 atom stereocenters. The number of amides is 1. The number of likely N-dealkylation sites (tertiary alicyclic amines) is 1. The average molecular weight is 283 g/mol. The molecule has 1 amide bonds. The monoisotopic (exact) mass is 283 g/mol. The summed E-state index contributed by atoms with van der Waals surface area (Å²) in [7, 11) is 1.25. The number of ether oxygens (including phenoxy) is 1. The van der Waals surface area contributed by atoms with Crippen LogP contribution in [0.25, 0.3) is 0 Å². The number of methoxy groups -OCH3 is 1. The number of hydrogen-bond acceptors (Lipinski definition) is 3. The fourth-order valence-electron chi connectivity index (χ4n) is 2.40. The van der Waals surface area contributed by atoms with E-state index in [4.69, 9.17) is 0 Å². The zero-order valence-electron chi connectivity index (χ0n) is 11.1. The Morgan fingerprint density at radius 3 is 2.60 bits per heavy atom. The molecule has 1 aliphatic rings. The van der Waals surface area contributed by atoms with Crippen molar-refractivity contribution in [2.24, 2.45) is 0 Å².